The van der Waals surface area contributed by atoms with Crippen LogP contribution in [0.4, 0.5) is 0 Å². The van der Waals surface area contributed by atoms with Crippen molar-refractivity contribution in [2.45, 2.75) is 51.0 Å². The van der Waals surface area contributed by atoms with Gasteiger partial charge in [0.1, 0.15) is 11.6 Å². The van der Waals surface area contributed by atoms with Gasteiger partial charge in [-0.25, -0.2) is 12.7 Å². The molecule has 0 atom stereocenters. The van der Waals surface area contributed by atoms with Crippen LogP contribution in [0.2, 0.25) is 0 Å². The van der Waals surface area contributed by atoms with Crippen molar-refractivity contribution in [2.75, 3.05) is 19.3 Å². The van der Waals surface area contributed by atoms with Gasteiger partial charge in [-0.2, -0.15) is 0 Å². The van der Waals surface area contributed by atoms with Gasteiger partial charge in [0.05, 0.1) is 6.26 Å². The molecule has 112 valence electrons. The topological polar surface area (TPSA) is 68.1 Å². The fraction of sp³-hybridized carbons (Fsp3) is 0.846. The second-order valence-electron chi connectivity index (χ2n) is 5.87. The number of rotatable bonds is 2. The lowest BCUT2D eigenvalue weighted by Gasteiger charge is -2.29. The van der Waals surface area contributed by atoms with Gasteiger partial charge in [0.2, 0.25) is 10.0 Å². The molecule has 0 spiro atoms. The maximum absolute atomic E-state index is 11.6. The van der Waals surface area contributed by atoms with Crippen LogP contribution in [0.1, 0.15) is 49.7 Å². The van der Waals surface area contributed by atoms with Crippen LogP contribution < -0.4 is 0 Å². The Kier molecular flexibility index (Phi) is 3.81. The van der Waals surface area contributed by atoms with E-state index >= 15 is 0 Å². The number of aryl methyl sites for hydroxylation is 1. The molecule has 2 aliphatic heterocycles. The molecule has 3 heterocycles. The van der Waals surface area contributed by atoms with Crippen LogP contribution >= 0.6 is 0 Å². The van der Waals surface area contributed by atoms with Gasteiger partial charge in [-0.05, 0) is 25.7 Å². The van der Waals surface area contributed by atoms with Gasteiger partial charge in [-0.15, -0.1) is 10.2 Å². The quantitative estimate of drug-likeness (QED) is 0.821. The van der Waals surface area contributed by atoms with Crippen LogP contribution in [-0.2, 0) is 23.0 Å². The summed E-state index contributed by atoms with van der Waals surface area (Å²) < 4.78 is 27.0. The lowest BCUT2D eigenvalue weighted by atomic mass is 9.97. The summed E-state index contributed by atoms with van der Waals surface area (Å²) in [5.74, 6) is 2.55. The summed E-state index contributed by atoms with van der Waals surface area (Å²) in [6, 6.07) is 0. The molecule has 1 aromatic heterocycles. The molecular weight excluding hydrogens is 276 g/mol. The number of piperidine rings is 1. The number of aromatic nitrogens is 3. The summed E-state index contributed by atoms with van der Waals surface area (Å²) in [6.07, 6.45) is 7.67. The minimum absolute atomic E-state index is 0.354. The lowest BCUT2D eigenvalue weighted by Crippen LogP contribution is -2.37. The van der Waals surface area contributed by atoms with E-state index in [0.717, 1.165) is 37.5 Å². The van der Waals surface area contributed by atoms with E-state index in [9.17, 15) is 8.42 Å². The van der Waals surface area contributed by atoms with Crippen LogP contribution in [0.25, 0.3) is 0 Å². The Hall–Kier alpha value is -0.950. The molecule has 0 aromatic carbocycles. The summed E-state index contributed by atoms with van der Waals surface area (Å²) in [5, 5.41) is 8.74. The van der Waals surface area contributed by atoms with Gasteiger partial charge in [-0.3, -0.25) is 0 Å². The fourth-order valence-corrected chi connectivity index (χ4v) is 4.13. The zero-order chi connectivity index (χ0) is 14.2. The number of sulfonamides is 1. The molecule has 0 aliphatic carbocycles. The predicted molar refractivity (Wildman–Crippen MR) is 76.0 cm³/mol. The maximum atomic E-state index is 11.6. The molecule has 0 saturated carbocycles. The van der Waals surface area contributed by atoms with E-state index in [4.69, 9.17) is 0 Å². The van der Waals surface area contributed by atoms with E-state index in [2.05, 4.69) is 14.8 Å². The van der Waals surface area contributed by atoms with E-state index in [1.807, 2.05) is 0 Å². The minimum Gasteiger partial charge on any atom is -0.315 e. The monoisotopic (exact) mass is 298 g/mol. The van der Waals surface area contributed by atoms with Crippen LogP contribution in [0, 0.1) is 0 Å². The SMILES string of the molecule is CS(=O)(=O)N1CCC(c2nnc3n2CCCCC3)CC1. The van der Waals surface area contributed by atoms with Gasteiger partial charge in [0, 0.05) is 32.0 Å². The highest BCUT2D eigenvalue weighted by molar-refractivity contribution is 7.88. The van der Waals surface area contributed by atoms with Crippen molar-refractivity contribution in [3.63, 3.8) is 0 Å². The average molecular weight is 298 g/mol. The third-order valence-electron chi connectivity index (χ3n) is 4.43. The Bertz CT molecular complexity index is 573. The first-order valence-corrected chi connectivity index (χ1v) is 9.27. The van der Waals surface area contributed by atoms with Gasteiger partial charge in [0.25, 0.3) is 0 Å². The van der Waals surface area contributed by atoms with Gasteiger partial charge in [0.15, 0.2) is 0 Å². The van der Waals surface area contributed by atoms with Crippen molar-refractivity contribution in [3.05, 3.63) is 11.6 Å². The third kappa shape index (κ3) is 2.74. The van der Waals surface area contributed by atoms with Crippen molar-refractivity contribution in [3.8, 4) is 0 Å². The van der Waals surface area contributed by atoms with E-state index in [0.29, 0.717) is 19.0 Å². The van der Waals surface area contributed by atoms with E-state index in [1.165, 1.54) is 25.5 Å². The first-order valence-electron chi connectivity index (χ1n) is 7.43. The summed E-state index contributed by atoms with van der Waals surface area (Å²) in [5.41, 5.74) is 0. The molecule has 0 radical (unpaired) electrons. The summed E-state index contributed by atoms with van der Waals surface area (Å²) in [7, 11) is -3.05. The van der Waals surface area contributed by atoms with E-state index < -0.39 is 10.0 Å². The molecule has 6 nitrogen and oxygen atoms in total. The zero-order valence-electron chi connectivity index (χ0n) is 12.0. The van der Waals surface area contributed by atoms with Crippen molar-refractivity contribution in [2.24, 2.45) is 0 Å². The van der Waals surface area contributed by atoms with Crippen LogP contribution in [0.5, 0.6) is 0 Å². The summed E-state index contributed by atoms with van der Waals surface area (Å²) in [6.45, 7) is 2.22. The average Bonchev–Trinajstić information content (AvgIpc) is 2.67. The second-order valence-corrected chi connectivity index (χ2v) is 7.86. The number of hydrogen-bond acceptors (Lipinski definition) is 4. The molecule has 7 heteroatoms. The molecule has 1 aromatic rings. The summed E-state index contributed by atoms with van der Waals surface area (Å²) in [4.78, 5) is 0. The van der Waals surface area contributed by atoms with Gasteiger partial charge >= 0.3 is 0 Å². The highest BCUT2D eigenvalue weighted by Crippen LogP contribution is 2.29. The minimum atomic E-state index is -3.05. The smallest absolute Gasteiger partial charge is 0.211 e. The number of hydrogen-bond donors (Lipinski definition) is 0. The van der Waals surface area contributed by atoms with Crippen LogP contribution in [0.15, 0.2) is 0 Å². The Labute approximate surface area is 120 Å². The molecule has 2 aliphatic rings. The normalized spacial score (nSPS) is 22.4. The van der Waals surface area contributed by atoms with E-state index in [1.54, 1.807) is 4.31 Å². The zero-order valence-corrected chi connectivity index (χ0v) is 12.8. The molecule has 20 heavy (non-hydrogen) atoms. The second kappa shape index (κ2) is 5.44. The molecule has 3 rings (SSSR count). The molecule has 0 N–H and O–H groups in total. The molecule has 0 bridgehead atoms. The molecular formula is C13H22N4O2S. The van der Waals surface area contributed by atoms with Crippen molar-refractivity contribution < 1.29 is 8.42 Å². The highest BCUT2D eigenvalue weighted by Gasteiger charge is 2.29. The fourth-order valence-electron chi connectivity index (χ4n) is 3.26. The van der Waals surface area contributed by atoms with Crippen LogP contribution in [0.3, 0.4) is 0 Å². The Morgan fingerprint density at radius 2 is 1.80 bits per heavy atom. The Morgan fingerprint density at radius 1 is 1.05 bits per heavy atom. The Morgan fingerprint density at radius 3 is 2.50 bits per heavy atom. The standard InChI is InChI=1S/C13H22N4O2S/c1-20(18,19)16-9-6-11(7-10-16)13-15-14-12-5-3-2-4-8-17(12)13/h11H,2-10H2,1H3. The first kappa shape index (κ1) is 14.0. The molecule has 0 unspecified atom stereocenters. The van der Waals surface area contributed by atoms with Gasteiger partial charge in [-0.1, -0.05) is 6.42 Å². The molecule has 1 fully saturated rings. The van der Waals surface area contributed by atoms with Gasteiger partial charge < -0.3 is 4.57 Å². The Balaban J connectivity index is 1.74. The van der Waals surface area contributed by atoms with Crippen molar-refractivity contribution in [1.82, 2.24) is 19.1 Å². The van der Waals surface area contributed by atoms with Crippen LogP contribution in [-0.4, -0.2) is 46.8 Å². The van der Waals surface area contributed by atoms with Crippen molar-refractivity contribution >= 4 is 10.0 Å². The number of nitrogens with zero attached hydrogens (tertiary/aromatic N) is 4. The first-order chi connectivity index (χ1) is 9.55. The third-order valence-corrected chi connectivity index (χ3v) is 5.73. The predicted octanol–water partition coefficient (Wildman–Crippen LogP) is 1.14. The lowest BCUT2D eigenvalue weighted by molar-refractivity contribution is 0.310. The van der Waals surface area contributed by atoms with E-state index in [-0.39, 0.29) is 0 Å². The van der Waals surface area contributed by atoms with Crippen molar-refractivity contribution in [1.29, 1.82) is 0 Å². The molecule has 1 saturated heterocycles. The maximum Gasteiger partial charge on any atom is 0.211 e. The summed E-state index contributed by atoms with van der Waals surface area (Å²) >= 11 is 0. The highest BCUT2D eigenvalue weighted by atomic mass is 32.2. The molecule has 0 amide bonds. The number of fused-ring (bicyclic) bond motifs is 1. The largest absolute Gasteiger partial charge is 0.315 e.